The first-order valence-electron chi connectivity index (χ1n) is 9.68. The molecule has 0 bridgehead atoms. The van der Waals surface area contributed by atoms with Gasteiger partial charge in [-0.1, -0.05) is 44.5 Å². The molecule has 0 atom stereocenters. The van der Waals surface area contributed by atoms with Gasteiger partial charge in [0.05, 0.1) is 5.52 Å². The minimum absolute atomic E-state index is 0.176. The summed E-state index contributed by atoms with van der Waals surface area (Å²) in [6.07, 6.45) is 4.50. The lowest BCUT2D eigenvalue weighted by molar-refractivity contribution is 0.0790. The number of nitrogens with one attached hydrogen (secondary N) is 1. The highest BCUT2D eigenvalue weighted by molar-refractivity contribution is 6.06. The maximum absolute atomic E-state index is 13.0. The number of unbranched alkanes of at least 4 members (excludes halogenated alkanes) is 1. The van der Waals surface area contributed by atoms with Crippen LogP contribution in [0.2, 0.25) is 0 Å². The fourth-order valence-corrected chi connectivity index (χ4v) is 3.16. The Morgan fingerprint density at radius 2 is 1.86 bits per heavy atom. The molecule has 6 nitrogen and oxygen atoms in total. The van der Waals surface area contributed by atoms with E-state index in [0.29, 0.717) is 17.8 Å². The van der Waals surface area contributed by atoms with Gasteiger partial charge < -0.3 is 10.2 Å². The van der Waals surface area contributed by atoms with E-state index in [-0.39, 0.29) is 17.6 Å². The summed E-state index contributed by atoms with van der Waals surface area (Å²) >= 11 is 0. The number of nitrogens with zero attached hydrogens (tertiary/aromatic N) is 3. The van der Waals surface area contributed by atoms with Crippen molar-refractivity contribution in [2.45, 2.75) is 33.1 Å². The Labute approximate surface area is 165 Å². The van der Waals surface area contributed by atoms with Crippen LogP contribution in [0.4, 0.5) is 5.69 Å². The lowest BCUT2D eigenvalue weighted by Crippen LogP contribution is -2.28. The Bertz CT molecular complexity index is 993. The van der Waals surface area contributed by atoms with Crippen molar-refractivity contribution >= 4 is 23.0 Å². The van der Waals surface area contributed by atoms with Crippen LogP contribution in [0.15, 0.2) is 48.7 Å². The Morgan fingerprint density at radius 3 is 2.61 bits per heavy atom. The molecule has 0 fully saturated rings. The second kappa shape index (κ2) is 8.69. The number of benzene rings is 1. The van der Waals surface area contributed by atoms with Crippen LogP contribution in [0, 0.1) is 0 Å². The second-order valence-corrected chi connectivity index (χ2v) is 6.78. The second-order valence-electron chi connectivity index (χ2n) is 6.78. The lowest BCUT2D eigenvalue weighted by atomic mass is 10.1. The van der Waals surface area contributed by atoms with Crippen molar-refractivity contribution in [1.82, 2.24) is 14.3 Å². The number of aryl methyl sites for hydroxylation is 1. The van der Waals surface area contributed by atoms with Gasteiger partial charge in [0.1, 0.15) is 0 Å². The monoisotopic (exact) mass is 378 g/mol. The molecule has 0 saturated carbocycles. The van der Waals surface area contributed by atoms with Gasteiger partial charge >= 0.3 is 0 Å². The first-order valence-corrected chi connectivity index (χ1v) is 9.68. The fraction of sp³-hybridized carbons (Fsp3) is 0.318. The number of carbonyl (C=O) groups is 2. The van der Waals surface area contributed by atoms with E-state index in [0.717, 1.165) is 30.5 Å². The number of hydrogen-bond donors (Lipinski definition) is 1. The van der Waals surface area contributed by atoms with Crippen molar-refractivity contribution in [3.05, 3.63) is 65.7 Å². The van der Waals surface area contributed by atoms with E-state index >= 15 is 0 Å². The molecule has 3 aromatic rings. The molecular weight excluding hydrogens is 352 g/mol. The third kappa shape index (κ3) is 3.91. The van der Waals surface area contributed by atoms with Crippen LogP contribution in [-0.4, -0.2) is 39.7 Å². The van der Waals surface area contributed by atoms with Crippen molar-refractivity contribution in [1.29, 1.82) is 0 Å². The molecule has 3 rings (SSSR count). The Balaban J connectivity index is 1.96. The minimum atomic E-state index is -0.336. The van der Waals surface area contributed by atoms with E-state index in [9.17, 15) is 9.59 Å². The molecule has 1 aromatic carbocycles. The normalized spacial score (nSPS) is 10.8. The third-order valence-electron chi connectivity index (χ3n) is 4.79. The highest BCUT2D eigenvalue weighted by Crippen LogP contribution is 2.19. The zero-order chi connectivity index (χ0) is 20.1. The molecule has 28 heavy (non-hydrogen) atoms. The van der Waals surface area contributed by atoms with Gasteiger partial charge in [-0.15, -0.1) is 0 Å². The number of hydrogen-bond acceptors (Lipinski definition) is 3. The molecule has 146 valence electrons. The van der Waals surface area contributed by atoms with E-state index < -0.39 is 0 Å². The van der Waals surface area contributed by atoms with Crippen LogP contribution in [0.25, 0.3) is 5.52 Å². The zero-order valence-electron chi connectivity index (χ0n) is 16.6. The third-order valence-corrected chi connectivity index (χ3v) is 4.79. The average molecular weight is 378 g/mol. The Morgan fingerprint density at radius 1 is 1.11 bits per heavy atom. The Hall–Kier alpha value is -3.15. The standard InChI is InChI=1S/C22H26N4O2/c1-4-6-14-25(3)22(28)19-18-13-9-10-15-26(18)20(24-19)21(27)23-17-12-8-7-11-16(17)5-2/h7-13,15H,4-6,14H2,1-3H3,(H,23,27). The van der Waals surface area contributed by atoms with Gasteiger partial charge in [-0.25, -0.2) is 4.98 Å². The molecule has 6 heteroatoms. The van der Waals surface area contributed by atoms with Crippen molar-refractivity contribution in [3.8, 4) is 0 Å². The minimum Gasteiger partial charge on any atom is -0.340 e. The molecular formula is C22H26N4O2. The number of imidazole rings is 1. The molecule has 0 saturated heterocycles. The molecule has 2 aromatic heterocycles. The van der Waals surface area contributed by atoms with Gasteiger partial charge in [0, 0.05) is 25.5 Å². The molecule has 1 N–H and O–H groups in total. The lowest BCUT2D eigenvalue weighted by Gasteiger charge is -2.15. The van der Waals surface area contributed by atoms with E-state index in [1.54, 1.807) is 22.5 Å². The summed E-state index contributed by atoms with van der Waals surface area (Å²) in [6.45, 7) is 4.78. The van der Waals surface area contributed by atoms with Crippen molar-refractivity contribution in [2.24, 2.45) is 0 Å². The summed E-state index contributed by atoms with van der Waals surface area (Å²) in [4.78, 5) is 31.9. The van der Waals surface area contributed by atoms with E-state index in [1.165, 1.54) is 0 Å². The van der Waals surface area contributed by atoms with Crippen LogP contribution in [0.1, 0.15) is 53.4 Å². The fourth-order valence-electron chi connectivity index (χ4n) is 3.16. The number of para-hydroxylation sites is 1. The van der Waals surface area contributed by atoms with Crippen LogP contribution in [0.5, 0.6) is 0 Å². The smallest absolute Gasteiger partial charge is 0.292 e. The summed E-state index contributed by atoms with van der Waals surface area (Å²) < 4.78 is 1.67. The van der Waals surface area contributed by atoms with Gasteiger partial charge in [0.25, 0.3) is 11.8 Å². The number of carbonyl (C=O) groups excluding carboxylic acids is 2. The SMILES string of the molecule is CCCCN(C)C(=O)c1nc(C(=O)Nc2ccccc2CC)n2ccccc12. The number of aromatic nitrogens is 2. The van der Waals surface area contributed by atoms with Crippen molar-refractivity contribution < 1.29 is 9.59 Å². The molecule has 2 amide bonds. The number of amides is 2. The predicted molar refractivity (Wildman–Crippen MR) is 111 cm³/mol. The highest BCUT2D eigenvalue weighted by atomic mass is 16.2. The van der Waals surface area contributed by atoms with Gasteiger partial charge in [-0.05, 0) is 36.6 Å². The van der Waals surface area contributed by atoms with Crippen LogP contribution < -0.4 is 5.32 Å². The summed E-state index contributed by atoms with van der Waals surface area (Å²) in [5.41, 5.74) is 2.74. The number of pyridine rings is 1. The van der Waals surface area contributed by atoms with E-state index in [2.05, 4.69) is 17.2 Å². The highest BCUT2D eigenvalue weighted by Gasteiger charge is 2.23. The number of fused-ring (bicyclic) bond motifs is 1. The first kappa shape index (κ1) is 19.6. The average Bonchev–Trinajstić information content (AvgIpc) is 3.11. The summed E-state index contributed by atoms with van der Waals surface area (Å²) in [6, 6.07) is 13.2. The van der Waals surface area contributed by atoms with E-state index in [1.807, 2.05) is 49.4 Å². The van der Waals surface area contributed by atoms with Crippen molar-refractivity contribution in [2.75, 3.05) is 18.9 Å². The molecule has 0 unspecified atom stereocenters. The quantitative estimate of drug-likeness (QED) is 0.675. The first-order chi connectivity index (χ1) is 13.6. The molecule has 0 spiro atoms. The molecule has 0 radical (unpaired) electrons. The van der Waals surface area contributed by atoms with Gasteiger partial charge in [0.15, 0.2) is 5.69 Å². The zero-order valence-corrected chi connectivity index (χ0v) is 16.6. The molecule has 0 aliphatic carbocycles. The number of rotatable bonds is 7. The van der Waals surface area contributed by atoms with E-state index in [4.69, 9.17) is 0 Å². The van der Waals surface area contributed by atoms with Crippen LogP contribution in [-0.2, 0) is 6.42 Å². The van der Waals surface area contributed by atoms with Gasteiger partial charge in [-0.2, -0.15) is 0 Å². The molecule has 2 heterocycles. The Kier molecular flexibility index (Phi) is 6.09. The van der Waals surface area contributed by atoms with Crippen LogP contribution >= 0.6 is 0 Å². The number of anilines is 1. The largest absolute Gasteiger partial charge is 0.340 e. The summed E-state index contributed by atoms with van der Waals surface area (Å²) in [7, 11) is 1.77. The van der Waals surface area contributed by atoms with Gasteiger partial charge in [-0.3, -0.25) is 14.0 Å². The van der Waals surface area contributed by atoms with Crippen molar-refractivity contribution in [3.63, 3.8) is 0 Å². The molecule has 0 aliphatic rings. The molecule has 0 aliphatic heterocycles. The maximum atomic E-state index is 13.0. The van der Waals surface area contributed by atoms with Gasteiger partial charge in [0.2, 0.25) is 5.82 Å². The maximum Gasteiger partial charge on any atom is 0.292 e. The van der Waals surface area contributed by atoms with Crippen LogP contribution in [0.3, 0.4) is 0 Å². The predicted octanol–water partition coefficient (Wildman–Crippen LogP) is 4.02. The topological polar surface area (TPSA) is 66.7 Å². The summed E-state index contributed by atoms with van der Waals surface area (Å²) in [5.74, 6) is -0.309. The summed E-state index contributed by atoms with van der Waals surface area (Å²) in [5, 5.41) is 2.94.